The zero-order chi connectivity index (χ0) is 15.0. The van der Waals surface area contributed by atoms with E-state index in [0.717, 1.165) is 25.6 Å². The van der Waals surface area contributed by atoms with Crippen LogP contribution in [0, 0.1) is 0 Å². The number of guanidine groups is 1. The van der Waals surface area contributed by atoms with Crippen LogP contribution in [0.1, 0.15) is 26.2 Å². The van der Waals surface area contributed by atoms with Crippen LogP contribution in [0.25, 0.3) is 0 Å². The molecule has 0 aliphatic carbocycles. The van der Waals surface area contributed by atoms with E-state index in [1.165, 1.54) is 24.8 Å². The number of aliphatic imine (C=N–C) groups is 1. The Balaban J connectivity index is 2.29. The predicted octanol–water partition coefficient (Wildman–Crippen LogP) is 1.93. The molecule has 0 aromatic carbocycles. The second-order valence-corrected chi connectivity index (χ2v) is 5.14. The van der Waals surface area contributed by atoms with Gasteiger partial charge >= 0.3 is 6.18 Å². The highest BCUT2D eigenvalue weighted by molar-refractivity contribution is 5.80. The number of halogens is 3. The van der Waals surface area contributed by atoms with E-state index < -0.39 is 12.7 Å². The minimum Gasteiger partial charge on any atom is -0.357 e. The Hall–Kier alpha value is -0.980. The van der Waals surface area contributed by atoms with Crippen molar-refractivity contribution in [1.82, 2.24) is 15.1 Å². The first kappa shape index (κ1) is 17.1. The van der Waals surface area contributed by atoms with Gasteiger partial charge in [0.25, 0.3) is 0 Å². The van der Waals surface area contributed by atoms with Gasteiger partial charge in [-0.25, -0.2) is 0 Å². The second-order valence-electron chi connectivity index (χ2n) is 5.14. The van der Waals surface area contributed by atoms with Crippen molar-refractivity contribution in [3.05, 3.63) is 0 Å². The normalized spacial score (nSPS) is 17.1. The Kier molecular flexibility index (Phi) is 7.12. The van der Waals surface area contributed by atoms with E-state index in [9.17, 15) is 13.2 Å². The van der Waals surface area contributed by atoms with Crippen molar-refractivity contribution in [3.8, 4) is 0 Å². The lowest BCUT2D eigenvalue weighted by atomic mass is 10.4. The van der Waals surface area contributed by atoms with Gasteiger partial charge in [-0.3, -0.25) is 9.89 Å². The zero-order valence-corrected chi connectivity index (χ0v) is 12.3. The molecular weight excluding hydrogens is 269 g/mol. The van der Waals surface area contributed by atoms with E-state index in [0.29, 0.717) is 19.5 Å². The van der Waals surface area contributed by atoms with Gasteiger partial charge in [-0.05, 0) is 39.8 Å². The maximum absolute atomic E-state index is 12.2. The third-order valence-electron chi connectivity index (χ3n) is 3.15. The molecule has 1 aliphatic heterocycles. The molecule has 20 heavy (non-hydrogen) atoms. The lowest BCUT2D eigenvalue weighted by Crippen LogP contribution is -2.39. The molecule has 1 fully saturated rings. The molecule has 118 valence electrons. The first-order chi connectivity index (χ1) is 9.42. The molecule has 0 saturated carbocycles. The zero-order valence-electron chi connectivity index (χ0n) is 12.3. The fourth-order valence-electron chi connectivity index (χ4n) is 2.27. The van der Waals surface area contributed by atoms with Gasteiger partial charge < -0.3 is 10.2 Å². The molecule has 1 rings (SSSR count). The van der Waals surface area contributed by atoms with E-state index >= 15 is 0 Å². The Morgan fingerprint density at radius 1 is 1.30 bits per heavy atom. The molecule has 0 bridgehead atoms. The predicted molar refractivity (Wildman–Crippen MR) is 75.0 cm³/mol. The Morgan fingerprint density at radius 2 is 1.95 bits per heavy atom. The van der Waals surface area contributed by atoms with Gasteiger partial charge in [0.2, 0.25) is 0 Å². The smallest absolute Gasteiger partial charge is 0.357 e. The highest BCUT2D eigenvalue weighted by Gasteiger charge is 2.28. The van der Waals surface area contributed by atoms with Gasteiger partial charge in [0, 0.05) is 26.2 Å². The van der Waals surface area contributed by atoms with Gasteiger partial charge in [0.15, 0.2) is 5.96 Å². The number of hydrogen-bond donors (Lipinski definition) is 1. The van der Waals surface area contributed by atoms with Gasteiger partial charge in [-0.2, -0.15) is 13.2 Å². The number of rotatable bonds is 6. The van der Waals surface area contributed by atoms with E-state index in [-0.39, 0.29) is 0 Å². The van der Waals surface area contributed by atoms with Crippen molar-refractivity contribution in [2.75, 3.05) is 46.3 Å². The maximum Gasteiger partial charge on any atom is 0.401 e. The van der Waals surface area contributed by atoms with Crippen LogP contribution in [0.5, 0.6) is 0 Å². The summed E-state index contributed by atoms with van der Waals surface area (Å²) in [7, 11) is 1.49. The monoisotopic (exact) mass is 294 g/mol. The van der Waals surface area contributed by atoms with Crippen LogP contribution in [-0.4, -0.2) is 68.3 Å². The first-order valence-corrected chi connectivity index (χ1v) is 7.21. The average molecular weight is 294 g/mol. The number of nitrogens with zero attached hydrogens (tertiary/aromatic N) is 3. The van der Waals surface area contributed by atoms with Crippen LogP contribution in [0.4, 0.5) is 13.2 Å². The summed E-state index contributed by atoms with van der Waals surface area (Å²) in [5.74, 6) is 0.892. The van der Waals surface area contributed by atoms with Crippen molar-refractivity contribution in [2.45, 2.75) is 32.4 Å². The summed E-state index contributed by atoms with van der Waals surface area (Å²) >= 11 is 0. The lowest BCUT2D eigenvalue weighted by molar-refractivity contribution is -0.143. The SMILES string of the molecule is CCNC(=NCCCN(C)CC(F)(F)F)N1CCCC1. The van der Waals surface area contributed by atoms with Crippen molar-refractivity contribution < 1.29 is 13.2 Å². The number of nitrogens with one attached hydrogen (secondary N) is 1. The van der Waals surface area contributed by atoms with Crippen LogP contribution >= 0.6 is 0 Å². The van der Waals surface area contributed by atoms with Gasteiger partial charge in [0.1, 0.15) is 0 Å². The molecule has 4 nitrogen and oxygen atoms in total. The molecule has 1 saturated heterocycles. The number of alkyl halides is 3. The molecule has 0 aromatic rings. The molecule has 1 heterocycles. The molecule has 0 unspecified atom stereocenters. The molecule has 7 heteroatoms. The quantitative estimate of drug-likeness (QED) is 0.461. The standard InChI is InChI=1S/C13H25F3N4/c1-3-17-12(20-9-4-5-10-20)18-7-6-8-19(2)11-13(14,15)16/h3-11H2,1-2H3,(H,17,18). The van der Waals surface area contributed by atoms with Crippen molar-refractivity contribution in [2.24, 2.45) is 4.99 Å². The highest BCUT2D eigenvalue weighted by Crippen LogP contribution is 2.15. The summed E-state index contributed by atoms with van der Waals surface area (Å²) in [6.45, 7) is 4.96. The lowest BCUT2D eigenvalue weighted by Gasteiger charge is -2.21. The molecule has 0 spiro atoms. The maximum atomic E-state index is 12.2. The summed E-state index contributed by atoms with van der Waals surface area (Å²) in [6.07, 6.45) is -1.13. The highest BCUT2D eigenvalue weighted by atomic mass is 19.4. The summed E-state index contributed by atoms with van der Waals surface area (Å²) < 4.78 is 36.5. The van der Waals surface area contributed by atoms with Crippen LogP contribution in [0.3, 0.4) is 0 Å². The minimum absolute atomic E-state index is 0.405. The second kappa shape index (κ2) is 8.34. The summed E-state index contributed by atoms with van der Waals surface area (Å²) in [5, 5.41) is 3.23. The van der Waals surface area contributed by atoms with Crippen molar-refractivity contribution in [3.63, 3.8) is 0 Å². The summed E-state index contributed by atoms with van der Waals surface area (Å²) in [6, 6.07) is 0. The Labute approximate surface area is 119 Å². The van der Waals surface area contributed by atoms with E-state index in [2.05, 4.69) is 15.2 Å². The van der Waals surface area contributed by atoms with Crippen LogP contribution in [0.2, 0.25) is 0 Å². The summed E-state index contributed by atoms with van der Waals surface area (Å²) in [4.78, 5) is 7.99. The number of hydrogen-bond acceptors (Lipinski definition) is 2. The van der Waals surface area contributed by atoms with Crippen molar-refractivity contribution in [1.29, 1.82) is 0 Å². The fraction of sp³-hybridized carbons (Fsp3) is 0.923. The fourth-order valence-corrected chi connectivity index (χ4v) is 2.27. The first-order valence-electron chi connectivity index (χ1n) is 7.21. The minimum atomic E-state index is -4.12. The third-order valence-corrected chi connectivity index (χ3v) is 3.15. The van der Waals surface area contributed by atoms with Crippen LogP contribution < -0.4 is 5.32 Å². The van der Waals surface area contributed by atoms with Crippen LogP contribution in [-0.2, 0) is 0 Å². The van der Waals surface area contributed by atoms with E-state index in [1.54, 1.807) is 0 Å². The van der Waals surface area contributed by atoms with Gasteiger partial charge in [-0.1, -0.05) is 0 Å². The largest absolute Gasteiger partial charge is 0.401 e. The molecule has 0 aromatic heterocycles. The van der Waals surface area contributed by atoms with Crippen molar-refractivity contribution >= 4 is 5.96 Å². The van der Waals surface area contributed by atoms with Crippen LogP contribution in [0.15, 0.2) is 4.99 Å². The molecule has 0 amide bonds. The van der Waals surface area contributed by atoms with E-state index in [4.69, 9.17) is 0 Å². The van der Waals surface area contributed by atoms with Gasteiger partial charge in [-0.15, -0.1) is 0 Å². The summed E-state index contributed by atoms with van der Waals surface area (Å²) in [5.41, 5.74) is 0. The van der Waals surface area contributed by atoms with Gasteiger partial charge in [0.05, 0.1) is 6.54 Å². The average Bonchev–Trinajstić information content (AvgIpc) is 2.84. The molecule has 0 radical (unpaired) electrons. The Bertz CT molecular complexity index is 298. The number of likely N-dealkylation sites (tertiary alicyclic amines) is 1. The third kappa shape index (κ3) is 6.98. The molecule has 0 atom stereocenters. The molecular formula is C13H25F3N4. The molecule has 1 aliphatic rings. The topological polar surface area (TPSA) is 30.9 Å². The molecule has 1 N–H and O–H groups in total. The Morgan fingerprint density at radius 3 is 2.50 bits per heavy atom. The van der Waals surface area contributed by atoms with E-state index in [1.807, 2.05) is 6.92 Å².